The molecule has 1 aromatic rings. The first-order chi connectivity index (χ1) is 8.56. The fourth-order valence-electron chi connectivity index (χ4n) is 1.49. The Hall–Kier alpha value is -1.77. The van der Waals surface area contributed by atoms with E-state index in [1.165, 1.54) is 0 Å². The molecule has 0 saturated carbocycles. The van der Waals surface area contributed by atoms with E-state index < -0.39 is 0 Å². The van der Waals surface area contributed by atoms with Gasteiger partial charge in [0.1, 0.15) is 5.75 Å². The van der Waals surface area contributed by atoms with Gasteiger partial charge in [-0.2, -0.15) is 0 Å². The van der Waals surface area contributed by atoms with Crippen LogP contribution in [-0.2, 0) is 4.79 Å². The Kier molecular flexibility index (Phi) is 5.43. The third-order valence-electron chi connectivity index (χ3n) is 2.82. The molecule has 0 aromatic heterocycles. The van der Waals surface area contributed by atoms with Crippen molar-refractivity contribution in [2.75, 3.05) is 7.11 Å². The minimum absolute atomic E-state index is 0.0211. The Morgan fingerprint density at radius 2 is 2.22 bits per heavy atom. The average Bonchev–Trinajstić information content (AvgIpc) is 2.38. The van der Waals surface area contributed by atoms with Crippen molar-refractivity contribution in [2.24, 2.45) is 0 Å². The third kappa shape index (κ3) is 4.24. The van der Waals surface area contributed by atoms with Crippen molar-refractivity contribution in [2.45, 2.75) is 33.2 Å². The molecular weight excluding hydrogens is 226 g/mol. The molecule has 3 nitrogen and oxygen atoms in total. The molecule has 1 rings (SSSR count). The molecule has 1 unspecified atom stereocenters. The summed E-state index contributed by atoms with van der Waals surface area (Å²) in [6.07, 6.45) is 2.79. The predicted octanol–water partition coefficient (Wildman–Crippen LogP) is 3.01. The maximum atomic E-state index is 11.9. The molecule has 1 N–H and O–H groups in total. The van der Waals surface area contributed by atoms with Gasteiger partial charge in [-0.05, 0) is 44.0 Å². The van der Waals surface area contributed by atoms with Gasteiger partial charge in [-0.1, -0.05) is 19.1 Å². The summed E-state index contributed by atoms with van der Waals surface area (Å²) >= 11 is 0. The smallest absolute Gasteiger partial charge is 0.247 e. The van der Waals surface area contributed by atoms with E-state index in [9.17, 15) is 4.79 Å². The van der Waals surface area contributed by atoms with Crippen LogP contribution in [0.4, 0.5) is 0 Å². The van der Waals surface area contributed by atoms with Crippen LogP contribution >= 0.6 is 0 Å². The molecule has 0 aliphatic carbocycles. The standard InChI is InChI=1S/C15H21NO2/c1-5-12(3)16-15(17)11(2)9-13-7-6-8-14(10-13)18-4/h6-10,12H,5H2,1-4H3,(H,16,17)/b11-9+. The van der Waals surface area contributed by atoms with E-state index in [1.807, 2.05) is 51.1 Å². The van der Waals surface area contributed by atoms with Gasteiger partial charge in [-0.15, -0.1) is 0 Å². The topological polar surface area (TPSA) is 38.3 Å². The van der Waals surface area contributed by atoms with E-state index >= 15 is 0 Å². The van der Waals surface area contributed by atoms with Crippen LogP contribution in [0.3, 0.4) is 0 Å². The molecule has 1 amide bonds. The second kappa shape index (κ2) is 6.84. The van der Waals surface area contributed by atoms with Gasteiger partial charge in [-0.25, -0.2) is 0 Å². The Morgan fingerprint density at radius 3 is 2.83 bits per heavy atom. The maximum Gasteiger partial charge on any atom is 0.247 e. The van der Waals surface area contributed by atoms with Crippen LogP contribution in [0.2, 0.25) is 0 Å². The van der Waals surface area contributed by atoms with Gasteiger partial charge in [0, 0.05) is 11.6 Å². The maximum absolute atomic E-state index is 11.9. The van der Waals surface area contributed by atoms with Gasteiger partial charge in [-0.3, -0.25) is 4.79 Å². The lowest BCUT2D eigenvalue weighted by molar-refractivity contribution is -0.117. The van der Waals surface area contributed by atoms with Crippen molar-refractivity contribution < 1.29 is 9.53 Å². The third-order valence-corrected chi connectivity index (χ3v) is 2.82. The quantitative estimate of drug-likeness (QED) is 0.812. The fourth-order valence-corrected chi connectivity index (χ4v) is 1.49. The van der Waals surface area contributed by atoms with Gasteiger partial charge in [0.2, 0.25) is 5.91 Å². The van der Waals surface area contributed by atoms with Gasteiger partial charge in [0.15, 0.2) is 0 Å². The Bertz CT molecular complexity index is 438. The van der Waals surface area contributed by atoms with Crippen molar-refractivity contribution in [3.63, 3.8) is 0 Å². The molecule has 0 radical (unpaired) electrons. The molecule has 1 aromatic carbocycles. The van der Waals surface area contributed by atoms with Gasteiger partial charge >= 0.3 is 0 Å². The van der Waals surface area contributed by atoms with Crippen LogP contribution in [-0.4, -0.2) is 19.1 Å². The van der Waals surface area contributed by atoms with Crippen molar-refractivity contribution in [3.8, 4) is 5.75 Å². The molecule has 0 aliphatic rings. The molecule has 0 saturated heterocycles. The number of nitrogens with one attached hydrogen (secondary N) is 1. The summed E-state index contributed by atoms with van der Waals surface area (Å²) in [6, 6.07) is 7.84. The number of hydrogen-bond donors (Lipinski definition) is 1. The minimum Gasteiger partial charge on any atom is -0.497 e. The van der Waals surface area contributed by atoms with Gasteiger partial charge in [0.05, 0.1) is 7.11 Å². The highest BCUT2D eigenvalue weighted by Gasteiger charge is 2.07. The van der Waals surface area contributed by atoms with Crippen LogP contribution in [0.25, 0.3) is 6.08 Å². The van der Waals surface area contributed by atoms with Crippen molar-refractivity contribution >= 4 is 12.0 Å². The summed E-state index contributed by atoms with van der Waals surface area (Å²) < 4.78 is 5.15. The Labute approximate surface area is 109 Å². The molecule has 0 fully saturated rings. The molecule has 0 heterocycles. The SMILES string of the molecule is CCC(C)NC(=O)/C(C)=C/c1cccc(OC)c1. The lowest BCUT2D eigenvalue weighted by Crippen LogP contribution is -2.32. The average molecular weight is 247 g/mol. The molecule has 0 aliphatic heterocycles. The number of benzene rings is 1. The molecule has 98 valence electrons. The molecular formula is C15H21NO2. The number of amides is 1. The molecule has 1 atom stereocenters. The van der Waals surface area contributed by atoms with Crippen molar-refractivity contribution in [3.05, 3.63) is 35.4 Å². The fraction of sp³-hybridized carbons (Fsp3) is 0.400. The number of rotatable bonds is 5. The summed E-state index contributed by atoms with van der Waals surface area (Å²) in [4.78, 5) is 11.9. The van der Waals surface area contributed by atoms with Gasteiger partial charge in [0.25, 0.3) is 0 Å². The summed E-state index contributed by atoms with van der Waals surface area (Å²) in [5.41, 5.74) is 1.66. The monoisotopic (exact) mass is 247 g/mol. The second-order valence-corrected chi connectivity index (χ2v) is 4.39. The predicted molar refractivity (Wildman–Crippen MR) is 74.5 cm³/mol. The lowest BCUT2D eigenvalue weighted by atomic mass is 10.1. The van der Waals surface area contributed by atoms with Crippen LogP contribution in [0, 0.1) is 0 Å². The summed E-state index contributed by atoms with van der Waals surface area (Å²) in [5.74, 6) is 0.769. The largest absolute Gasteiger partial charge is 0.497 e. The molecule has 0 bridgehead atoms. The van der Waals surface area contributed by atoms with Gasteiger partial charge < -0.3 is 10.1 Å². The van der Waals surface area contributed by atoms with Crippen molar-refractivity contribution in [1.29, 1.82) is 0 Å². The summed E-state index contributed by atoms with van der Waals surface area (Å²) in [5, 5.41) is 2.94. The molecule has 18 heavy (non-hydrogen) atoms. The van der Waals surface area contributed by atoms with Crippen LogP contribution in [0.5, 0.6) is 5.75 Å². The summed E-state index contributed by atoms with van der Waals surface area (Å²) in [7, 11) is 1.63. The number of carbonyl (C=O) groups is 1. The zero-order chi connectivity index (χ0) is 13.5. The highest BCUT2D eigenvalue weighted by Crippen LogP contribution is 2.15. The Morgan fingerprint density at radius 1 is 1.50 bits per heavy atom. The van der Waals surface area contributed by atoms with E-state index in [-0.39, 0.29) is 11.9 Å². The first-order valence-corrected chi connectivity index (χ1v) is 6.20. The highest BCUT2D eigenvalue weighted by atomic mass is 16.5. The number of carbonyl (C=O) groups excluding carboxylic acids is 1. The van der Waals surface area contributed by atoms with E-state index in [4.69, 9.17) is 4.74 Å². The lowest BCUT2D eigenvalue weighted by Gasteiger charge is -2.11. The van der Waals surface area contributed by atoms with E-state index in [2.05, 4.69) is 5.32 Å². The normalized spacial score (nSPS) is 13.0. The van der Waals surface area contributed by atoms with E-state index in [0.717, 1.165) is 17.7 Å². The highest BCUT2D eigenvalue weighted by molar-refractivity contribution is 5.97. The van der Waals surface area contributed by atoms with Crippen molar-refractivity contribution in [1.82, 2.24) is 5.32 Å². The first kappa shape index (κ1) is 14.3. The first-order valence-electron chi connectivity index (χ1n) is 6.20. The van der Waals surface area contributed by atoms with E-state index in [0.29, 0.717) is 5.57 Å². The Balaban J connectivity index is 2.78. The summed E-state index contributed by atoms with van der Waals surface area (Å²) in [6.45, 7) is 5.86. The van der Waals surface area contributed by atoms with E-state index in [1.54, 1.807) is 7.11 Å². The minimum atomic E-state index is -0.0211. The number of methoxy groups -OCH3 is 1. The molecule has 0 spiro atoms. The second-order valence-electron chi connectivity index (χ2n) is 4.39. The zero-order valence-corrected chi connectivity index (χ0v) is 11.5. The number of hydrogen-bond acceptors (Lipinski definition) is 2. The molecule has 3 heteroatoms. The van der Waals surface area contributed by atoms with Crippen LogP contribution in [0.15, 0.2) is 29.8 Å². The zero-order valence-electron chi connectivity index (χ0n) is 11.5. The number of ether oxygens (including phenoxy) is 1. The van der Waals surface area contributed by atoms with Crippen LogP contribution < -0.4 is 10.1 Å². The van der Waals surface area contributed by atoms with Crippen LogP contribution in [0.1, 0.15) is 32.8 Å².